The average Bonchev–Trinajstić information content (AvgIpc) is 2.16. The third kappa shape index (κ3) is 1.15. The van der Waals surface area contributed by atoms with Crippen LogP contribution < -0.4 is 5.35 Å². The van der Waals surface area contributed by atoms with Gasteiger partial charge >= 0.3 is 74.1 Å². The van der Waals surface area contributed by atoms with Crippen molar-refractivity contribution in [3.8, 4) is 0 Å². The van der Waals surface area contributed by atoms with Crippen LogP contribution in [-0.2, 0) is 7.05 Å². The molecule has 0 amide bonds. The van der Waals surface area contributed by atoms with Gasteiger partial charge in [0.25, 0.3) is 0 Å². The van der Waals surface area contributed by atoms with Crippen molar-refractivity contribution >= 4 is 14.1 Å². The second-order valence-corrected chi connectivity index (χ2v) is 3.58. The SMILES string of the molecule is [B]=c1c(C(C)C)c(C)c(=C)n1C. The summed E-state index contributed by atoms with van der Waals surface area (Å²) in [6.07, 6.45) is 0. The van der Waals surface area contributed by atoms with Crippen molar-refractivity contribution in [2.24, 2.45) is 7.05 Å². The van der Waals surface area contributed by atoms with Gasteiger partial charge in [-0.25, -0.2) is 0 Å². The van der Waals surface area contributed by atoms with Crippen molar-refractivity contribution in [3.63, 3.8) is 0 Å². The Morgan fingerprint density at radius 2 is 1.92 bits per heavy atom. The van der Waals surface area contributed by atoms with E-state index in [9.17, 15) is 0 Å². The minimum atomic E-state index is 0.478. The quantitative estimate of drug-likeness (QED) is 0.545. The van der Waals surface area contributed by atoms with Crippen molar-refractivity contribution in [1.29, 1.82) is 0 Å². The summed E-state index contributed by atoms with van der Waals surface area (Å²) in [5.74, 6) is 0.478. The van der Waals surface area contributed by atoms with Crippen LogP contribution in [0.5, 0.6) is 0 Å². The third-order valence-electron chi connectivity index (χ3n) is 2.46. The van der Waals surface area contributed by atoms with Gasteiger partial charge in [0.1, 0.15) is 0 Å². The first kappa shape index (κ1) is 9.30. The normalized spacial score (nSPS) is 11.0. The molecule has 63 valence electrons. The van der Waals surface area contributed by atoms with E-state index in [1.807, 2.05) is 11.6 Å². The van der Waals surface area contributed by atoms with E-state index >= 15 is 0 Å². The first-order chi connectivity index (χ1) is 5.46. The summed E-state index contributed by atoms with van der Waals surface area (Å²) < 4.78 is 1.95. The predicted molar refractivity (Wildman–Crippen MR) is 54.0 cm³/mol. The minimum absolute atomic E-state index is 0.478. The molecule has 0 N–H and O–H groups in total. The van der Waals surface area contributed by atoms with Crippen LogP contribution in [0.2, 0.25) is 0 Å². The fourth-order valence-corrected chi connectivity index (χ4v) is 1.65. The van der Waals surface area contributed by atoms with Gasteiger partial charge in [-0.2, -0.15) is 0 Å². The monoisotopic (exact) mass is 160 g/mol. The van der Waals surface area contributed by atoms with Gasteiger partial charge in [0, 0.05) is 0 Å². The van der Waals surface area contributed by atoms with E-state index in [4.69, 9.17) is 7.49 Å². The first-order valence-electron chi connectivity index (χ1n) is 4.23. The molecule has 0 bridgehead atoms. The maximum atomic E-state index is 5.93. The van der Waals surface area contributed by atoms with E-state index in [1.165, 1.54) is 11.1 Å². The molecule has 0 spiro atoms. The van der Waals surface area contributed by atoms with E-state index in [0.29, 0.717) is 5.92 Å². The molecular weight excluding hydrogens is 145 g/mol. The van der Waals surface area contributed by atoms with Crippen LogP contribution in [0.15, 0.2) is 0 Å². The Kier molecular flexibility index (Phi) is 2.27. The zero-order valence-electron chi connectivity index (χ0n) is 8.31. The second kappa shape index (κ2) is 2.93. The van der Waals surface area contributed by atoms with E-state index in [1.54, 1.807) is 0 Å². The number of hydrogen-bond acceptors (Lipinski definition) is 0. The third-order valence-corrected chi connectivity index (χ3v) is 2.46. The standard InChI is InChI=1S/C10H15BN/c1-6(2)9-7(3)8(4)12(5)10(9)11/h6H,4H2,1-3,5H3. The summed E-state index contributed by atoms with van der Waals surface area (Å²) in [7, 11) is 7.88. The molecule has 0 aliphatic rings. The van der Waals surface area contributed by atoms with Crippen LogP contribution in [0, 0.1) is 12.2 Å². The fourth-order valence-electron chi connectivity index (χ4n) is 1.65. The molecule has 0 fully saturated rings. The van der Waals surface area contributed by atoms with Crippen molar-refractivity contribution in [2.45, 2.75) is 26.7 Å². The van der Waals surface area contributed by atoms with Gasteiger partial charge in [0.2, 0.25) is 0 Å². The molecule has 0 unspecified atom stereocenters. The Labute approximate surface area is 74.8 Å². The molecule has 1 aromatic heterocycles. The molecule has 0 aromatic carbocycles. The van der Waals surface area contributed by atoms with Crippen LogP contribution in [0.25, 0.3) is 6.58 Å². The van der Waals surface area contributed by atoms with Crippen LogP contribution in [0.3, 0.4) is 0 Å². The topological polar surface area (TPSA) is 4.93 Å². The molecule has 0 aliphatic carbocycles. The summed E-state index contributed by atoms with van der Waals surface area (Å²) in [6, 6.07) is 0. The molecule has 1 radical (unpaired) electrons. The Balaban J connectivity index is 3.61. The number of rotatable bonds is 1. The summed E-state index contributed by atoms with van der Waals surface area (Å²) >= 11 is 0. The van der Waals surface area contributed by atoms with Gasteiger partial charge in [-0.05, 0) is 0 Å². The van der Waals surface area contributed by atoms with Crippen LogP contribution in [-0.4, -0.2) is 12.1 Å². The van der Waals surface area contributed by atoms with Crippen molar-refractivity contribution in [1.82, 2.24) is 4.57 Å². The second-order valence-electron chi connectivity index (χ2n) is 3.58. The molecule has 0 saturated heterocycles. The predicted octanol–water partition coefficient (Wildman–Crippen LogP) is 1.29. The van der Waals surface area contributed by atoms with E-state index in [-0.39, 0.29) is 0 Å². The van der Waals surface area contributed by atoms with Gasteiger partial charge in [-0.3, -0.25) is 0 Å². The molecule has 1 aromatic rings. The van der Waals surface area contributed by atoms with Crippen LogP contribution in [0.1, 0.15) is 30.9 Å². The molecule has 2 heteroatoms. The molecule has 0 saturated carbocycles. The van der Waals surface area contributed by atoms with Crippen molar-refractivity contribution < 1.29 is 0 Å². The fraction of sp³-hybridized carbons (Fsp3) is 0.500. The molecule has 1 heterocycles. The number of hydrogen-bond donors (Lipinski definition) is 0. The number of aromatic nitrogens is 1. The van der Waals surface area contributed by atoms with E-state index < -0.39 is 0 Å². The molecule has 0 aliphatic heterocycles. The van der Waals surface area contributed by atoms with Gasteiger partial charge in [-0.1, -0.05) is 0 Å². The molecule has 1 rings (SSSR count). The van der Waals surface area contributed by atoms with Crippen LogP contribution in [0.4, 0.5) is 0 Å². The van der Waals surface area contributed by atoms with Crippen molar-refractivity contribution in [2.75, 3.05) is 0 Å². The molecule has 12 heavy (non-hydrogen) atoms. The van der Waals surface area contributed by atoms with E-state index in [2.05, 4.69) is 27.4 Å². The summed E-state index contributed by atoms with van der Waals surface area (Å²) in [5.41, 5.74) is 2.47. The maximum absolute atomic E-state index is 5.93. The Morgan fingerprint density at radius 1 is 1.42 bits per heavy atom. The Bertz CT molecular complexity index is 387. The zero-order valence-corrected chi connectivity index (χ0v) is 8.31. The van der Waals surface area contributed by atoms with Gasteiger partial charge in [0.15, 0.2) is 0 Å². The number of nitrogens with zero attached hydrogens (tertiary/aromatic N) is 1. The van der Waals surface area contributed by atoms with Gasteiger partial charge < -0.3 is 0 Å². The van der Waals surface area contributed by atoms with E-state index in [0.717, 1.165) is 10.6 Å². The van der Waals surface area contributed by atoms with Gasteiger partial charge in [-0.15, -0.1) is 0 Å². The average molecular weight is 160 g/mol. The Hall–Kier alpha value is -0.785. The van der Waals surface area contributed by atoms with Crippen molar-refractivity contribution in [3.05, 3.63) is 21.7 Å². The molecule has 1 nitrogen and oxygen atoms in total. The summed E-state index contributed by atoms with van der Waals surface area (Å²) in [6.45, 7) is 10.3. The zero-order chi connectivity index (χ0) is 9.46. The Morgan fingerprint density at radius 3 is 2.08 bits per heavy atom. The summed E-state index contributed by atoms with van der Waals surface area (Å²) in [4.78, 5) is 0. The van der Waals surface area contributed by atoms with Crippen LogP contribution >= 0.6 is 0 Å². The van der Waals surface area contributed by atoms with Gasteiger partial charge in [0.05, 0.1) is 0 Å². The molecular formula is C10H15BN. The molecule has 0 atom stereocenters. The first-order valence-corrected chi connectivity index (χ1v) is 4.23. The summed E-state index contributed by atoms with van der Waals surface area (Å²) in [5, 5.41) is 1.88.